The van der Waals surface area contributed by atoms with E-state index in [9.17, 15) is 0 Å². The van der Waals surface area contributed by atoms with Gasteiger partial charge >= 0.3 is 0 Å². The van der Waals surface area contributed by atoms with Gasteiger partial charge in [-0.2, -0.15) is 5.10 Å². The molecule has 4 rings (SSSR count). The summed E-state index contributed by atoms with van der Waals surface area (Å²) in [7, 11) is 0. The average Bonchev–Trinajstić information content (AvgIpc) is 3.05. The van der Waals surface area contributed by atoms with Gasteiger partial charge in [0.05, 0.1) is 17.3 Å². The fourth-order valence-corrected chi connectivity index (χ4v) is 3.59. The first-order valence-corrected chi connectivity index (χ1v) is 8.79. The van der Waals surface area contributed by atoms with Crippen molar-refractivity contribution in [2.24, 2.45) is 0 Å². The molecular formula is C18H13ClN4S. The zero-order chi connectivity index (χ0) is 16.4. The molecule has 4 aromatic rings. The Kier molecular flexibility index (Phi) is 4.19. The molecule has 0 saturated heterocycles. The Morgan fingerprint density at radius 3 is 2.71 bits per heavy atom. The van der Waals surface area contributed by atoms with Crippen LogP contribution in [0.3, 0.4) is 0 Å². The lowest BCUT2D eigenvalue weighted by molar-refractivity contribution is 0.893. The van der Waals surface area contributed by atoms with E-state index >= 15 is 0 Å². The molecule has 0 spiro atoms. The van der Waals surface area contributed by atoms with Gasteiger partial charge in [0.2, 0.25) is 0 Å². The highest BCUT2D eigenvalue weighted by molar-refractivity contribution is 7.98. The van der Waals surface area contributed by atoms with Gasteiger partial charge in [-0.1, -0.05) is 41.9 Å². The van der Waals surface area contributed by atoms with E-state index in [1.165, 1.54) is 0 Å². The summed E-state index contributed by atoms with van der Waals surface area (Å²) in [4.78, 5) is 8.82. The summed E-state index contributed by atoms with van der Waals surface area (Å²) in [5, 5.41) is 7.09. The van der Waals surface area contributed by atoms with E-state index in [4.69, 9.17) is 11.6 Å². The fourth-order valence-electron chi connectivity index (χ4n) is 2.47. The molecule has 0 bridgehead atoms. The van der Waals surface area contributed by atoms with E-state index < -0.39 is 0 Å². The van der Waals surface area contributed by atoms with Gasteiger partial charge < -0.3 is 0 Å². The molecule has 0 saturated carbocycles. The third kappa shape index (κ3) is 3.00. The van der Waals surface area contributed by atoms with Crippen LogP contribution in [0.1, 0.15) is 5.56 Å². The average molecular weight is 353 g/mol. The largest absolute Gasteiger partial charge is 0.229 e. The Bertz CT molecular complexity index is 985. The molecule has 0 radical (unpaired) electrons. The van der Waals surface area contributed by atoms with Crippen molar-refractivity contribution in [3.05, 3.63) is 77.7 Å². The fraction of sp³-hybridized carbons (Fsp3) is 0.0556. The Morgan fingerprint density at radius 1 is 1.00 bits per heavy atom. The molecule has 0 unspecified atom stereocenters. The molecule has 0 fully saturated rings. The summed E-state index contributed by atoms with van der Waals surface area (Å²) in [5.41, 5.74) is 2.96. The minimum atomic E-state index is 0.748. The monoisotopic (exact) mass is 352 g/mol. The molecule has 0 aliphatic heterocycles. The maximum Gasteiger partial charge on any atom is 0.167 e. The number of rotatable bonds is 4. The van der Waals surface area contributed by atoms with Gasteiger partial charge in [-0.3, -0.25) is 0 Å². The molecular weight excluding hydrogens is 340 g/mol. The zero-order valence-corrected chi connectivity index (χ0v) is 14.2. The second kappa shape index (κ2) is 6.63. The number of aromatic nitrogens is 4. The predicted octanol–water partition coefficient (Wildman–Crippen LogP) is 4.76. The highest BCUT2D eigenvalue weighted by Crippen LogP contribution is 2.28. The summed E-state index contributed by atoms with van der Waals surface area (Å²) in [6, 6.07) is 17.8. The van der Waals surface area contributed by atoms with Gasteiger partial charge in [0, 0.05) is 10.8 Å². The van der Waals surface area contributed by atoms with Crippen LogP contribution in [0.25, 0.3) is 16.7 Å². The summed E-state index contributed by atoms with van der Waals surface area (Å²) in [6.07, 6.45) is 3.41. The maximum atomic E-state index is 6.04. The molecule has 118 valence electrons. The highest BCUT2D eigenvalue weighted by atomic mass is 35.5. The SMILES string of the molecule is Clc1cccc(CSc2ncnc3c2cnn3-c2ccccc2)c1. The van der Waals surface area contributed by atoms with Crippen LogP contribution >= 0.6 is 23.4 Å². The molecule has 2 heterocycles. The Labute approximate surface area is 148 Å². The lowest BCUT2D eigenvalue weighted by Crippen LogP contribution is -1.97. The van der Waals surface area contributed by atoms with Gasteiger partial charge in [-0.05, 0) is 29.8 Å². The van der Waals surface area contributed by atoms with Crippen LogP contribution in [0, 0.1) is 0 Å². The van der Waals surface area contributed by atoms with E-state index in [1.807, 2.05) is 59.4 Å². The number of thioether (sulfide) groups is 1. The molecule has 24 heavy (non-hydrogen) atoms. The summed E-state index contributed by atoms with van der Waals surface area (Å²) < 4.78 is 1.83. The maximum absolute atomic E-state index is 6.04. The minimum Gasteiger partial charge on any atom is -0.229 e. The minimum absolute atomic E-state index is 0.748. The Morgan fingerprint density at radius 2 is 1.88 bits per heavy atom. The first-order chi connectivity index (χ1) is 11.8. The van der Waals surface area contributed by atoms with Gasteiger partial charge in [0.25, 0.3) is 0 Å². The lowest BCUT2D eigenvalue weighted by Gasteiger charge is -2.04. The summed E-state index contributed by atoms with van der Waals surface area (Å²) in [5.74, 6) is 0.795. The second-order valence-electron chi connectivity index (χ2n) is 5.23. The van der Waals surface area contributed by atoms with Crippen molar-refractivity contribution >= 4 is 34.4 Å². The van der Waals surface area contributed by atoms with Crippen molar-refractivity contribution in [2.45, 2.75) is 10.8 Å². The smallest absolute Gasteiger partial charge is 0.167 e. The molecule has 2 aromatic carbocycles. The van der Waals surface area contributed by atoms with Gasteiger partial charge in [-0.15, -0.1) is 11.8 Å². The highest BCUT2D eigenvalue weighted by Gasteiger charge is 2.11. The molecule has 0 aliphatic carbocycles. The van der Waals surface area contributed by atoms with Crippen molar-refractivity contribution in [3.63, 3.8) is 0 Å². The van der Waals surface area contributed by atoms with Crippen molar-refractivity contribution in [1.82, 2.24) is 19.7 Å². The normalized spacial score (nSPS) is 11.0. The van der Waals surface area contributed by atoms with Gasteiger partial charge in [-0.25, -0.2) is 14.6 Å². The Balaban J connectivity index is 1.66. The van der Waals surface area contributed by atoms with Gasteiger partial charge in [0.15, 0.2) is 5.65 Å². The van der Waals surface area contributed by atoms with Crippen LogP contribution in [0.2, 0.25) is 5.02 Å². The van der Waals surface area contributed by atoms with Crippen molar-refractivity contribution < 1.29 is 0 Å². The number of fused-ring (bicyclic) bond motifs is 1. The number of hydrogen-bond donors (Lipinski definition) is 0. The quantitative estimate of drug-likeness (QED) is 0.392. The van der Waals surface area contributed by atoms with Gasteiger partial charge in [0.1, 0.15) is 11.4 Å². The molecule has 6 heteroatoms. The number of hydrogen-bond acceptors (Lipinski definition) is 4. The second-order valence-corrected chi connectivity index (χ2v) is 6.63. The van der Waals surface area contributed by atoms with Crippen molar-refractivity contribution in [1.29, 1.82) is 0 Å². The van der Waals surface area contributed by atoms with E-state index in [0.717, 1.165) is 38.1 Å². The summed E-state index contributed by atoms with van der Waals surface area (Å²) in [6.45, 7) is 0. The summed E-state index contributed by atoms with van der Waals surface area (Å²) >= 11 is 7.70. The van der Waals surface area contributed by atoms with Crippen LogP contribution in [0.15, 0.2) is 72.1 Å². The third-order valence-electron chi connectivity index (χ3n) is 3.59. The van der Waals surface area contributed by atoms with Crippen LogP contribution in [-0.4, -0.2) is 19.7 Å². The number of para-hydroxylation sites is 1. The van der Waals surface area contributed by atoms with E-state index in [-0.39, 0.29) is 0 Å². The molecule has 0 atom stereocenters. The number of benzene rings is 2. The van der Waals surface area contributed by atoms with Crippen LogP contribution in [0.4, 0.5) is 0 Å². The van der Waals surface area contributed by atoms with E-state index in [0.29, 0.717) is 0 Å². The lowest BCUT2D eigenvalue weighted by atomic mass is 10.2. The molecule has 0 aliphatic rings. The van der Waals surface area contributed by atoms with E-state index in [2.05, 4.69) is 21.1 Å². The third-order valence-corrected chi connectivity index (χ3v) is 4.91. The number of halogens is 1. The zero-order valence-electron chi connectivity index (χ0n) is 12.6. The first-order valence-electron chi connectivity index (χ1n) is 7.43. The predicted molar refractivity (Wildman–Crippen MR) is 97.7 cm³/mol. The standard InChI is InChI=1S/C18H13ClN4S/c19-14-6-4-5-13(9-14)11-24-18-16-10-22-23(17(16)20-12-21-18)15-7-2-1-3-8-15/h1-10,12H,11H2. The molecule has 4 nitrogen and oxygen atoms in total. The first kappa shape index (κ1) is 15.2. The van der Waals surface area contributed by atoms with Crippen molar-refractivity contribution in [2.75, 3.05) is 0 Å². The van der Waals surface area contributed by atoms with Crippen LogP contribution < -0.4 is 0 Å². The van der Waals surface area contributed by atoms with Crippen LogP contribution in [0.5, 0.6) is 0 Å². The number of nitrogens with zero attached hydrogens (tertiary/aromatic N) is 4. The van der Waals surface area contributed by atoms with Crippen LogP contribution in [-0.2, 0) is 5.75 Å². The topological polar surface area (TPSA) is 43.6 Å². The Hall–Kier alpha value is -2.37. The van der Waals surface area contributed by atoms with Crippen molar-refractivity contribution in [3.8, 4) is 5.69 Å². The van der Waals surface area contributed by atoms with E-state index in [1.54, 1.807) is 18.1 Å². The molecule has 2 aromatic heterocycles. The molecule has 0 amide bonds. The molecule has 0 N–H and O–H groups in total.